The molecule has 1 aromatic carbocycles. The zero-order valence-electron chi connectivity index (χ0n) is 8.38. The van der Waals surface area contributed by atoms with E-state index in [9.17, 15) is 13.6 Å². The maximum atomic E-state index is 12.4. The Kier molecular flexibility index (Phi) is 3.97. The highest BCUT2D eigenvalue weighted by Gasteiger charge is 2.19. The number of halogens is 3. The fourth-order valence-corrected chi connectivity index (χ4v) is 1.43. The number of benzene rings is 1. The van der Waals surface area contributed by atoms with E-state index in [1.54, 1.807) is 0 Å². The Hall–Kier alpha value is -1.47. The van der Waals surface area contributed by atoms with Crippen molar-refractivity contribution in [2.24, 2.45) is 0 Å². The summed E-state index contributed by atoms with van der Waals surface area (Å²) in [5.74, 6) is -0.385. The van der Waals surface area contributed by atoms with E-state index in [0.717, 1.165) is 12.1 Å². The van der Waals surface area contributed by atoms with Gasteiger partial charge in [0.05, 0.1) is 11.6 Å². The first-order chi connectivity index (χ1) is 7.47. The van der Waals surface area contributed by atoms with Crippen molar-refractivity contribution < 1.29 is 13.6 Å². The number of alkyl halides is 3. The van der Waals surface area contributed by atoms with Gasteiger partial charge < -0.3 is 0 Å². The minimum atomic E-state index is -2.65. The Balaban J connectivity index is 3.28. The quantitative estimate of drug-likeness (QED) is 0.764. The fraction of sp³-hybridized carbons (Fsp3) is 0.273. The molecule has 2 nitrogen and oxygen atoms in total. The van der Waals surface area contributed by atoms with Crippen LogP contribution >= 0.6 is 11.6 Å². The van der Waals surface area contributed by atoms with Crippen molar-refractivity contribution in [3.05, 3.63) is 34.9 Å². The summed E-state index contributed by atoms with van der Waals surface area (Å²) < 4.78 is 24.9. The smallest absolute Gasteiger partial charge is 0.263 e. The number of rotatable bonds is 3. The standard InChI is InChI=1S/C11H8ClF2NO/c1-6(16)10(12)9-4-7(11(13)14)2-3-8(9)5-15/h2-4,10-11H,1H3. The lowest BCUT2D eigenvalue weighted by Crippen LogP contribution is -2.05. The molecule has 0 spiro atoms. The highest BCUT2D eigenvalue weighted by atomic mass is 35.5. The molecule has 0 radical (unpaired) electrons. The average Bonchev–Trinajstić information content (AvgIpc) is 2.26. The van der Waals surface area contributed by atoms with Crippen molar-refractivity contribution in [3.8, 4) is 6.07 Å². The van der Waals surface area contributed by atoms with Crippen LogP contribution in [0.5, 0.6) is 0 Å². The van der Waals surface area contributed by atoms with Crippen molar-refractivity contribution in [2.75, 3.05) is 0 Å². The maximum absolute atomic E-state index is 12.4. The van der Waals surface area contributed by atoms with E-state index in [-0.39, 0.29) is 22.5 Å². The highest BCUT2D eigenvalue weighted by molar-refractivity contribution is 6.31. The third-order valence-electron chi connectivity index (χ3n) is 2.08. The molecular weight excluding hydrogens is 236 g/mol. The van der Waals surface area contributed by atoms with E-state index in [0.29, 0.717) is 0 Å². The Bertz CT molecular complexity index is 454. The monoisotopic (exact) mass is 243 g/mol. The second-order valence-electron chi connectivity index (χ2n) is 3.23. The molecule has 16 heavy (non-hydrogen) atoms. The lowest BCUT2D eigenvalue weighted by molar-refractivity contribution is -0.116. The summed E-state index contributed by atoms with van der Waals surface area (Å²) in [4.78, 5) is 11.1. The van der Waals surface area contributed by atoms with Gasteiger partial charge in [0.2, 0.25) is 0 Å². The minimum absolute atomic E-state index is 0.134. The SMILES string of the molecule is CC(=O)C(Cl)c1cc(C(F)F)ccc1C#N. The summed E-state index contributed by atoms with van der Waals surface area (Å²) in [6.45, 7) is 1.24. The second-order valence-corrected chi connectivity index (χ2v) is 3.67. The molecule has 0 aliphatic heterocycles. The fourth-order valence-electron chi connectivity index (χ4n) is 1.25. The van der Waals surface area contributed by atoms with Gasteiger partial charge in [-0.15, -0.1) is 11.6 Å². The van der Waals surface area contributed by atoms with E-state index in [4.69, 9.17) is 16.9 Å². The normalized spacial score (nSPS) is 12.2. The van der Waals surface area contributed by atoms with Gasteiger partial charge in [0, 0.05) is 5.56 Å². The number of hydrogen-bond acceptors (Lipinski definition) is 2. The first-order valence-electron chi connectivity index (χ1n) is 4.44. The highest BCUT2D eigenvalue weighted by Crippen LogP contribution is 2.29. The van der Waals surface area contributed by atoms with E-state index in [2.05, 4.69) is 0 Å². The number of nitrogens with zero attached hydrogens (tertiary/aromatic N) is 1. The summed E-state index contributed by atoms with van der Waals surface area (Å²) in [5, 5.41) is 7.71. The molecule has 0 aromatic heterocycles. The second kappa shape index (κ2) is 5.04. The molecule has 84 valence electrons. The Morgan fingerprint density at radius 3 is 2.56 bits per heavy atom. The van der Waals surface area contributed by atoms with Crippen molar-refractivity contribution in [3.63, 3.8) is 0 Å². The van der Waals surface area contributed by atoms with Crippen LogP contribution in [0, 0.1) is 11.3 Å². The molecule has 0 heterocycles. The average molecular weight is 244 g/mol. The lowest BCUT2D eigenvalue weighted by Gasteiger charge is -2.10. The van der Waals surface area contributed by atoms with Crippen molar-refractivity contribution in [2.45, 2.75) is 18.7 Å². The third-order valence-corrected chi connectivity index (χ3v) is 2.62. The van der Waals surface area contributed by atoms with Crippen LogP contribution in [-0.2, 0) is 4.79 Å². The van der Waals surface area contributed by atoms with Crippen LogP contribution in [0.3, 0.4) is 0 Å². The zero-order valence-corrected chi connectivity index (χ0v) is 9.13. The molecule has 0 saturated carbocycles. The van der Waals surface area contributed by atoms with Gasteiger partial charge in [0.1, 0.15) is 5.38 Å². The molecule has 5 heteroatoms. The van der Waals surface area contributed by atoms with E-state index < -0.39 is 11.8 Å². The molecule has 1 aromatic rings. The molecule has 0 aliphatic rings. The number of ketones is 1. The van der Waals surface area contributed by atoms with Crippen LogP contribution in [0.4, 0.5) is 8.78 Å². The number of carbonyl (C=O) groups is 1. The third kappa shape index (κ3) is 2.56. The number of Topliss-reactive ketones (excluding diaryl/α,β-unsaturated/α-hetero) is 1. The molecule has 0 amide bonds. The van der Waals surface area contributed by atoms with Crippen molar-refractivity contribution in [1.82, 2.24) is 0 Å². The Morgan fingerprint density at radius 2 is 2.12 bits per heavy atom. The number of hydrogen-bond donors (Lipinski definition) is 0. The first-order valence-corrected chi connectivity index (χ1v) is 4.87. The number of carbonyl (C=O) groups excluding carboxylic acids is 1. The van der Waals surface area contributed by atoms with Crippen LogP contribution in [-0.4, -0.2) is 5.78 Å². The molecule has 1 rings (SSSR count). The van der Waals surface area contributed by atoms with Crippen LogP contribution in [0.1, 0.15) is 35.4 Å². The molecule has 1 atom stereocenters. The molecular formula is C11H8ClF2NO. The zero-order chi connectivity index (χ0) is 12.3. The van der Waals surface area contributed by atoms with Gasteiger partial charge in [-0.1, -0.05) is 6.07 Å². The largest absolute Gasteiger partial charge is 0.298 e. The van der Waals surface area contributed by atoms with Gasteiger partial charge in [0.15, 0.2) is 5.78 Å². The summed E-state index contributed by atoms with van der Waals surface area (Å²) >= 11 is 5.76. The molecule has 0 saturated heterocycles. The maximum Gasteiger partial charge on any atom is 0.263 e. The summed E-state index contributed by atoms with van der Waals surface area (Å²) in [6.07, 6.45) is -2.65. The van der Waals surface area contributed by atoms with Gasteiger partial charge in [-0.05, 0) is 24.6 Å². The van der Waals surface area contributed by atoms with Crippen LogP contribution in [0.2, 0.25) is 0 Å². The van der Waals surface area contributed by atoms with Crippen LogP contribution in [0.25, 0.3) is 0 Å². The van der Waals surface area contributed by atoms with E-state index in [1.165, 1.54) is 13.0 Å². The topological polar surface area (TPSA) is 40.9 Å². The first kappa shape index (κ1) is 12.6. The van der Waals surface area contributed by atoms with Gasteiger partial charge in [-0.3, -0.25) is 4.79 Å². The van der Waals surface area contributed by atoms with Crippen molar-refractivity contribution >= 4 is 17.4 Å². The Labute approximate surface area is 96.4 Å². The summed E-state index contributed by atoms with van der Waals surface area (Å²) in [7, 11) is 0. The predicted octanol–water partition coefficient (Wildman–Crippen LogP) is 3.36. The van der Waals surface area contributed by atoms with Crippen LogP contribution < -0.4 is 0 Å². The molecule has 1 unspecified atom stereocenters. The molecule has 0 fully saturated rings. The van der Waals surface area contributed by atoms with Gasteiger partial charge >= 0.3 is 0 Å². The minimum Gasteiger partial charge on any atom is -0.298 e. The van der Waals surface area contributed by atoms with Gasteiger partial charge in [0.25, 0.3) is 6.43 Å². The molecule has 0 N–H and O–H groups in total. The van der Waals surface area contributed by atoms with Gasteiger partial charge in [-0.2, -0.15) is 5.26 Å². The molecule has 0 aliphatic carbocycles. The summed E-state index contributed by atoms with van der Waals surface area (Å²) in [6, 6.07) is 5.31. The van der Waals surface area contributed by atoms with Crippen molar-refractivity contribution in [1.29, 1.82) is 5.26 Å². The lowest BCUT2D eigenvalue weighted by atomic mass is 10.00. The van der Waals surface area contributed by atoms with E-state index in [1.807, 2.05) is 6.07 Å². The Morgan fingerprint density at radius 1 is 1.50 bits per heavy atom. The molecule has 0 bridgehead atoms. The van der Waals surface area contributed by atoms with Gasteiger partial charge in [-0.25, -0.2) is 8.78 Å². The predicted molar refractivity (Wildman–Crippen MR) is 55.4 cm³/mol. The summed E-state index contributed by atoms with van der Waals surface area (Å²) in [5.41, 5.74) is 0.0231. The number of nitriles is 1. The van der Waals surface area contributed by atoms with E-state index >= 15 is 0 Å². The van der Waals surface area contributed by atoms with Crippen LogP contribution in [0.15, 0.2) is 18.2 Å².